The summed E-state index contributed by atoms with van der Waals surface area (Å²) in [6.45, 7) is 0. The minimum Gasteiger partial charge on any atom is -0.350 e. The highest BCUT2D eigenvalue weighted by Crippen LogP contribution is 2.32. The number of halogens is 1. The number of amides is 1. The highest BCUT2D eigenvalue weighted by atomic mass is 35.5. The van der Waals surface area contributed by atoms with Gasteiger partial charge in [-0.25, -0.2) is 5.43 Å². The highest BCUT2D eigenvalue weighted by molar-refractivity contribution is 8.03. The number of hydrogen-bond acceptors (Lipinski definition) is 7. The van der Waals surface area contributed by atoms with Gasteiger partial charge < -0.3 is 4.57 Å². The maximum atomic E-state index is 11.9. The predicted molar refractivity (Wildman–Crippen MR) is 113 cm³/mol. The second kappa shape index (κ2) is 9.93. The Morgan fingerprint density at radius 3 is 2.78 bits per heavy atom. The summed E-state index contributed by atoms with van der Waals surface area (Å²) < 4.78 is 3.51. The standard InChI is InChI=1S/C17H16ClN5OS3/c1-23-8-4-6-13(23)9-19-20-15(24)11-26-17-22-21-16(27-17)25-10-12-5-2-3-7-14(12)18/h2-9H,10-11H2,1H3,(H,20,24). The number of thioether (sulfide) groups is 2. The van der Waals surface area contributed by atoms with E-state index in [9.17, 15) is 4.79 Å². The zero-order valence-corrected chi connectivity index (χ0v) is 17.5. The van der Waals surface area contributed by atoms with Crippen LogP contribution in [0.4, 0.5) is 0 Å². The topological polar surface area (TPSA) is 72.2 Å². The molecule has 0 aliphatic rings. The van der Waals surface area contributed by atoms with E-state index in [-0.39, 0.29) is 11.7 Å². The van der Waals surface area contributed by atoms with Gasteiger partial charge in [-0.3, -0.25) is 4.79 Å². The van der Waals surface area contributed by atoms with Crippen LogP contribution >= 0.6 is 46.5 Å². The molecule has 3 rings (SSSR count). The number of nitrogens with zero attached hydrogens (tertiary/aromatic N) is 4. The second-order valence-corrected chi connectivity index (χ2v) is 9.17. The van der Waals surface area contributed by atoms with Crippen LogP contribution in [0.3, 0.4) is 0 Å². The Morgan fingerprint density at radius 1 is 1.26 bits per heavy atom. The minimum absolute atomic E-state index is 0.189. The molecule has 0 saturated carbocycles. The number of aromatic nitrogens is 3. The lowest BCUT2D eigenvalue weighted by Crippen LogP contribution is -2.19. The van der Waals surface area contributed by atoms with E-state index >= 15 is 0 Å². The van der Waals surface area contributed by atoms with Gasteiger partial charge in [0.05, 0.1) is 17.7 Å². The predicted octanol–water partition coefficient (Wildman–Crippen LogP) is 4.06. The Kier molecular flexibility index (Phi) is 7.33. The molecule has 0 aliphatic carbocycles. The van der Waals surface area contributed by atoms with E-state index in [0.29, 0.717) is 0 Å². The van der Waals surface area contributed by atoms with Crippen LogP contribution in [-0.2, 0) is 17.6 Å². The van der Waals surface area contributed by atoms with Crippen LogP contribution < -0.4 is 5.43 Å². The fraction of sp³-hybridized carbons (Fsp3) is 0.176. The van der Waals surface area contributed by atoms with E-state index in [1.807, 2.05) is 54.2 Å². The van der Waals surface area contributed by atoms with Crippen LogP contribution in [0.25, 0.3) is 0 Å². The third-order valence-corrected chi connectivity index (χ3v) is 7.00. The van der Waals surface area contributed by atoms with Crippen molar-refractivity contribution in [3.05, 3.63) is 58.9 Å². The number of hydrazone groups is 1. The number of rotatable bonds is 8. The summed E-state index contributed by atoms with van der Waals surface area (Å²) in [4.78, 5) is 11.9. The molecule has 0 saturated heterocycles. The van der Waals surface area contributed by atoms with Crippen molar-refractivity contribution in [1.29, 1.82) is 0 Å². The fourth-order valence-corrected chi connectivity index (χ4v) is 5.11. The molecule has 2 heterocycles. The molecule has 27 heavy (non-hydrogen) atoms. The third-order valence-electron chi connectivity index (χ3n) is 3.39. The molecule has 1 amide bonds. The van der Waals surface area contributed by atoms with E-state index in [4.69, 9.17) is 11.6 Å². The second-order valence-electron chi connectivity index (χ2n) is 5.34. The van der Waals surface area contributed by atoms with E-state index in [0.717, 1.165) is 30.7 Å². The molecule has 10 heteroatoms. The first-order valence-corrected chi connectivity index (χ1v) is 11.0. The number of nitrogens with one attached hydrogen (secondary N) is 1. The highest BCUT2D eigenvalue weighted by Gasteiger charge is 2.09. The smallest absolute Gasteiger partial charge is 0.250 e. The van der Waals surface area contributed by atoms with Crippen molar-refractivity contribution < 1.29 is 4.79 Å². The van der Waals surface area contributed by atoms with Gasteiger partial charge in [0.2, 0.25) is 0 Å². The number of aryl methyl sites for hydroxylation is 1. The van der Waals surface area contributed by atoms with E-state index in [1.54, 1.807) is 18.0 Å². The Balaban J connectivity index is 1.42. The third kappa shape index (κ3) is 6.10. The molecule has 0 aliphatic heterocycles. The van der Waals surface area contributed by atoms with Gasteiger partial charge in [0.1, 0.15) is 0 Å². The van der Waals surface area contributed by atoms with Crippen LogP contribution in [0.2, 0.25) is 5.02 Å². The molecule has 0 radical (unpaired) electrons. The van der Waals surface area contributed by atoms with Crippen molar-refractivity contribution in [2.75, 3.05) is 5.75 Å². The number of carbonyl (C=O) groups excluding carboxylic acids is 1. The van der Waals surface area contributed by atoms with Gasteiger partial charge in [0, 0.05) is 24.0 Å². The van der Waals surface area contributed by atoms with Gasteiger partial charge in [-0.15, -0.1) is 10.2 Å². The minimum atomic E-state index is -0.189. The first-order chi connectivity index (χ1) is 13.1. The molecule has 1 N–H and O–H groups in total. The molecule has 1 aromatic carbocycles. The molecule has 2 aromatic heterocycles. The normalized spacial score (nSPS) is 11.2. The van der Waals surface area contributed by atoms with Gasteiger partial charge in [-0.05, 0) is 23.8 Å². The summed E-state index contributed by atoms with van der Waals surface area (Å²) >= 11 is 10.5. The Bertz CT molecular complexity index is 940. The molecule has 3 aromatic rings. The monoisotopic (exact) mass is 437 g/mol. The fourth-order valence-electron chi connectivity index (χ4n) is 2.01. The molecular weight excluding hydrogens is 422 g/mol. The molecular formula is C17H16ClN5OS3. The summed E-state index contributed by atoms with van der Waals surface area (Å²) in [5.41, 5.74) is 4.48. The van der Waals surface area contributed by atoms with E-state index in [1.165, 1.54) is 23.1 Å². The maximum Gasteiger partial charge on any atom is 0.250 e. The van der Waals surface area contributed by atoms with E-state index < -0.39 is 0 Å². The number of hydrogen-bond donors (Lipinski definition) is 1. The Labute approximate surface area is 174 Å². The summed E-state index contributed by atoms with van der Waals surface area (Å²) in [7, 11) is 1.91. The molecule has 6 nitrogen and oxygen atoms in total. The van der Waals surface area contributed by atoms with Crippen LogP contribution in [0.1, 0.15) is 11.3 Å². The molecule has 0 fully saturated rings. The van der Waals surface area contributed by atoms with E-state index in [2.05, 4.69) is 20.7 Å². The molecule has 0 atom stereocenters. The quantitative estimate of drug-likeness (QED) is 0.327. The van der Waals surface area contributed by atoms with Crippen molar-refractivity contribution in [1.82, 2.24) is 20.2 Å². The van der Waals surface area contributed by atoms with Gasteiger partial charge in [-0.2, -0.15) is 5.10 Å². The SMILES string of the molecule is Cn1cccc1C=NNC(=O)CSc1nnc(SCc2ccccc2Cl)s1. The number of carbonyl (C=O) groups is 1. The van der Waals surface area contributed by atoms with Crippen LogP contribution in [0, 0.1) is 0 Å². The zero-order chi connectivity index (χ0) is 19.1. The first-order valence-electron chi connectivity index (χ1n) is 7.87. The molecule has 140 valence electrons. The molecule has 0 bridgehead atoms. The van der Waals surface area contributed by atoms with Crippen molar-refractivity contribution >= 4 is 58.6 Å². The summed E-state index contributed by atoms with van der Waals surface area (Å²) in [6.07, 6.45) is 3.52. The van der Waals surface area contributed by atoms with Gasteiger partial charge in [-0.1, -0.05) is 64.7 Å². The van der Waals surface area contributed by atoms with Crippen LogP contribution in [-0.4, -0.2) is 32.6 Å². The average molecular weight is 438 g/mol. The lowest BCUT2D eigenvalue weighted by molar-refractivity contribution is -0.118. The van der Waals surface area contributed by atoms with Crippen LogP contribution in [0.15, 0.2) is 56.4 Å². The zero-order valence-electron chi connectivity index (χ0n) is 14.3. The first kappa shape index (κ1) is 19.9. The molecule has 0 spiro atoms. The summed E-state index contributed by atoms with van der Waals surface area (Å²) in [5, 5.41) is 13.0. The lowest BCUT2D eigenvalue weighted by atomic mass is 10.2. The number of benzene rings is 1. The summed E-state index contributed by atoms with van der Waals surface area (Å²) in [5.74, 6) is 0.771. The van der Waals surface area contributed by atoms with Crippen LogP contribution in [0.5, 0.6) is 0 Å². The van der Waals surface area contributed by atoms with Crippen molar-refractivity contribution in [3.63, 3.8) is 0 Å². The van der Waals surface area contributed by atoms with Crippen molar-refractivity contribution in [2.45, 2.75) is 14.4 Å². The molecule has 0 unspecified atom stereocenters. The van der Waals surface area contributed by atoms with Crippen molar-refractivity contribution in [3.8, 4) is 0 Å². The average Bonchev–Trinajstić information content (AvgIpc) is 3.28. The summed E-state index contributed by atoms with van der Waals surface area (Å²) in [6, 6.07) is 11.6. The van der Waals surface area contributed by atoms with Gasteiger partial charge >= 0.3 is 0 Å². The van der Waals surface area contributed by atoms with Gasteiger partial charge in [0.25, 0.3) is 5.91 Å². The van der Waals surface area contributed by atoms with Gasteiger partial charge in [0.15, 0.2) is 8.68 Å². The maximum absolute atomic E-state index is 11.9. The Hall–Kier alpha value is -1.81. The largest absolute Gasteiger partial charge is 0.350 e. The Morgan fingerprint density at radius 2 is 2.04 bits per heavy atom. The lowest BCUT2D eigenvalue weighted by Gasteiger charge is -2.00. The van der Waals surface area contributed by atoms with Crippen molar-refractivity contribution in [2.24, 2.45) is 12.1 Å².